The number of ether oxygens (including phenoxy) is 1. The lowest BCUT2D eigenvalue weighted by Gasteiger charge is -2.34. The van der Waals surface area contributed by atoms with Gasteiger partial charge in [0.05, 0.1) is 18.8 Å². The van der Waals surface area contributed by atoms with Crippen LogP contribution in [0.15, 0.2) is 30.3 Å². The molecular formula is C18H26N2O3. The number of aliphatic hydroxyl groups is 1. The molecule has 2 heterocycles. The normalized spacial score (nSPS) is 24.1. The van der Waals surface area contributed by atoms with Crippen molar-refractivity contribution in [1.82, 2.24) is 9.80 Å². The maximum atomic E-state index is 11.6. The number of likely N-dealkylation sites (tertiary alicyclic amines) is 1. The Morgan fingerprint density at radius 1 is 1.22 bits per heavy atom. The van der Waals surface area contributed by atoms with E-state index < -0.39 is 6.10 Å². The standard InChI is InChI=1S/C18H26N2O3/c21-16(13-20-8-4-7-18(20)22)12-19-9-10-23-17(14-19)11-15-5-2-1-3-6-15/h1-3,5-6,16-17,21H,4,7-14H2. The van der Waals surface area contributed by atoms with Crippen LogP contribution in [0.1, 0.15) is 18.4 Å². The van der Waals surface area contributed by atoms with Gasteiger partial charge in [0.25, 0.3) is 0 Å². The number of aliphatic hydroxyl groups excluding tert-OH is 1. The first-order valence-electron chi connectivity index (χ1n) is 8.54. The summed E-state index contributed by atoms with van der Waals surface area (Å²) in [5.74, 6) is 0.174. The smallest absolute Gasteiger partial charge is 0.222 e. The Labute approximate surface area is 137 Å². The van der Waals surface area contributed by atoms with Crippen molar-refractivity contribution in [3.05, 3.63) is 35.9 Å². The van der Waals surface area contributed by atoms with Crippen LogP contribution in [-0.2, 0) is 16.0 Å². The van der Waals surface area contributed by atoms with E-state index in [0.29, 0.717) is 26.1 Å². The van der Waals surface area contributed by atoms with Gasteiger partial charge in [0.1, 0.15) is 0 Å². The molecule has 5 nitrogen and oxygen atoms in total. The van der Waals surface area contributed by atoms with Crippen molar-refractivity contribution < 1.29 is 14.6 Å². The zero-order valence-corrected chi connectivity index (χ0v) is 13.6. The summed E-state index contributed by atoms with van der Waals surface area (Å²) >= 11 is 0. The molecule has 2 aliphatic rings. The van der Waals surface area contributed by atoms with Gasteiger partial charge in [-0.15, -0.1) is 0 Å². The van der Waals surface area contributed by atoms with Crippen molar-refractivity contribution in [3.8, 4) is 0 Å². The summed E-state index contributed by atoms with van der Waals surface area (Å²) < 4.78 is 5.86. The fourth-order valence-corrected chi connectivity index (χ4v) is 3.45. The van der Waals surface area contributed by atoms with Crippen LogP contribution in [0.3, 0.4) is 0 Å². The van der Waals surface area contributed by atoms with Gasteiger partial charge < -0.3 is 14.7 Å². The first kappa shape index (κ1) is 16.4. The molecule has 0 saturated carbocycles. The lowest BCUT2D eigenvalue weighted by Crippen LogP contribution is -2.48. The first-order valence-corrected chi connectivity index (χ1v) is 8.54. The number of β-amino-alcohol motifs (C(OH)–C–C–N with tert-alkyl or cyclic N) is 1. The minimum atomic E-state index is -0.479. The Balaban J connectivity index is 1.45. The third-order valence-electron chi connectivity index (χ3n) is 4.60. The molecule has 1 aromatic carbocycles. The highest BCUT2D eigenvalue weighted by Gasteiger charge is 2.26. The highest BCUT2D eigenvalue weighted by atomic mass is 16.5. The monoisotopic (exact) mass is 318 g/mol. The van der Waals surface area contributed by atoms with Gasteiger partial charge in [-0.1, -0.05) is 30.3 Å². The molecule has 1 N–H and O–H groups in total. The maximum Gasteiger partial charge on any atom is 0.222 e. The van der Waals surface area contributed by atoms with Gasteiger partial charge >= 0.3 is 0 Å². The number of morpholine rings is 1. The van der Waals surface area contributed by atoms with E-state index in [9.17, 15) is 9.90 Å². The van der Waals surface area contributed by atoms with E-state index in [2.05, 4.69) is 17.0 Å². The van der Waals surface area contributed by atoms with E-state index in [1.54, 1.807) is 4.90 Å². The van der Waals surface area contributed by atoms with Gasteiger partial charge in [-0.2, -0.15) is 0 Å². The number of amides is 1. The summed E-state index contributed by atoms with van der Waals surface area (Å²) in [5.41, 5.74) is 1.28. The molecule has 0 aromatic heterocycles. The van der Waals surface area contributed by atoms with Crippen LogP contribution in [0.4, 0.5) is 0 Å². The van der Waals surface area contributed by atoms with E-state index in [0.717, 1.165) is 32.5 Å². The van der Waals surface area contributed by atoms with E-state index in [-0.39, 0.29) is 12.0 Å². The van der Waals surface area contributed by atoms with E-state index in [1.807, 2.05) is 18.2 Å². The summed E-state index contributed by atoms with van der Waals surface area (Å²) in [4.78, 5) is 15.7. The molecule has 0 radical (unpaired) electrons. The van der Waals surface area contributed by atoms with E-state index in [1.165, 1.54) is 5.56 Å². The number of nitrogens with zero attached hydrogens (tertiary/aromatic N) is 2. The SMILES string of the molecule is O=C1CCCN1CC(O)CN1CCOC(Cc2ccccc2)C1. The summed E-state index contributed by atoms with van der Waals surface area (Å²) in [7, 11) is 0. The number of hydrogen-bond donors (Lipinski definition) is 1. The van der Waals surface area contributed by atoms with Crippen molar-refractivity contribution >= 4 is 5.91 Å². The van der Waals surface area contributed by atoms with Gasteiger partial charge in [0.15, 0.2) is 0 Å². The Morgan fingerprint density at radius 3 is 2.78 bits per heavy atom. The lowest BCUT2D eigenvalue weighted by atomic mass is 10.1. The molecule has 2 fully saturated rings. The zero-order chi connectivity index (χ0) is 16.1. The molecule has 23 heavy (non-hydrogen) atoms. The number of carbonyl (C=O) groups excluding carboxylic acids is 1. The highest BCUT2D eigenvalue weighted by Crippen LogP contribution is 2.14. The number of hydrogen-bond acceptors (Lipinski definition) is 4. The largest absolute Gasteiger partial charge is 0.390 e. The maximum absolute atomic E-state index is 11.6. The van der Waals surface area contributed by atoms with Crippen LogP contribution in [0, 0.1) is 0 Å². The molecule has 2 unspecified atom stereocenters. The molecular weight excluding hydrogens is 292 g/mol. The molecule has 0 aliphatic carbocycles. The third kappa shape index (κ3) is 4.77. The Kier molecular flexibility index (Phi) is 5.65. The lowest BCUT2D eigenvalue weighted by molar-refractivity contribution is -0.129. The Morgan fingerprint density at radius 2 is 2.04 bits per heavy atom. The molecule has 2 atom stereocenters. The van der Waals surface area contributed by atoms with Crippen LogP contribution in [0.5, 0.6) is 0 Å². The minimum absolute atomic E-state index is 0.173. The fraction of sp³-hybridized carbons (Fsp3) is 0.611. The van der Waals surface area contributed by atoms with Crippen molar-refractivity contribution in [2.24, 2.45) is 0 Å². The minimum Gasteiger partial charge on any atom is -0.390 e. The summed E-state index contributed by atoms with van der Waals surface area (Å²) in [6.07, 6.45) is 2.14. The van der Waals surface area contributed by atoms with Crippen molar-refractivity contribution in [3.63, 3.8) is 0 Å². The van der Waals surface area contributed by atoms with E-state index >= 15 is 0 Å². The molecule has 0 bridgehead atoms. The van der Waals surface area contributed by atoms with Gasteiger partial charge in [-0.05, 0) is 18.4 Å². The summed E-state index contributed by atoms with van der Waals surface area (Å²) in [5, 5.41) is 10.3. The molecule has 3 rings (SSSR count). The summed E-state index contributed by atoms with van der Waals surface area (Å²) in [6.45, 7) is 4.23. The van der Waals surface area contributed by atoms with Gasteiger partial charge in [-0.25, -0.2) is 0 Å². The van der Waals surface area contributed by atoms with Gasteiger partial charge in [0, 0.05) is 39.1 Å². The fourth-order valence-electron chi connectivity index (χ4n) is 3.45. The molecule has 126 valence electrons. The molecule has 0 spiro atoms. The third-order valence-corrected chi connectivity index (χ3v) is 4.60. The number of carbonyl (C=O) groups is 1. The van der Waals surface area contributed by atoms with Crippen LogP contribution in [0.2, 0.25) is 0 Å². The second-order valence-electron chi connectivity index (χ2n) is 6.54. The first-order chi connectivity index (χ1) is 11.2. The van der Waals surface area contributed by atoms with Gasteiger partial charge in [-0.3, -0.25) is 9.69 Å². The Hall–Kier alpha value is -1.43. The van der Waals surface area contributed by atoms with Crippen LogP contribution in [-0.4, -0.2) is 72.4 Å². The van der Waals surface area contributed by atoms with Crippen molar-refractivity contribution in [2.45, 2.75) is 31.5 Å². The summed E-state index contributed by atoms with van der Waals surface area (Å²) in [6, 6.07) is 10.4. The zero-order valence-electron chi connectivity index (χ0n) is 13.6. The molecule has 5 heteroatoms. The predicted octanol–water partition coefficient (Wildman–Crippen LogP) is 0.913. The second-order valence-corrected chi connectivity index (χ2v) is 6.54. The number of rotatable bonds is 6. The van der Waals surface area contributed by atoms with Crippen LogP contribution >= 0.6 is 0 Å². The van der Waals surface area contributed by atoms with Gasteiger partial charge in [0.2, 0.25) is 5.91 Å². The Bertz CT molecular complexity index is 508. The highest BCUT2D eigenvalue weighted by molar-refractivity contribution is 5.78. The molecule has 1 aromatic rings. The average Bonchev–Trinajstić information content (AvgIpc) is 2.93. The number of benzene rings is 1. The van der Waals surface area contributed by atoms with Crippen LogP contribution < -0.4 is 0 Å². The topological polar surface area (TPSA) is 53.0 Å². The average molecular weight is 318 g/mol. The van der Waals surface area contributed by atoms with Crippen molar-refractivity contribution in [2.75, 3.05) is 39.3 Å². The predicted molar refractivity (Wildman–Crippen MR) is 88.1 cm³/mol. The molecule has 1 amide bonds. The quantitative estimate of drug-likeness (QED) is 0.847. The second kappa shape index (κ2) is 7.90. The molecule has 2 aliphatic heterocycles. The van der Waals surface area contributed by atoms with E-state index in [4.69, 9.17) is 4.74 Å². The van der Waals surface area contributed by atoms with Crippen molar-refractivity contribution in [1.29, 1.82) is 0 Å². The molecule has 2 saturated heterocycles. The van der Waals surface area contributed by atoms with Crippen LogP contribution in [0.25, 0.3) is 0 Å².